The fraction of sp³-hybridized carbons (Fsp3) is 0.438. The smallest absolute Gasteiger partial charge is 0.268 e. The van der Waals surface area contributed by atoms with E-state index in [0.717, 1.165) is 37.6 Å². The third-order valence-electron chi connectivity index (χ3n) is 3.96. The van der Waals surface area contributed by atoms with Crippen LogP contribution in [0, 0.1) is 0 Å². The lowest BCUT2D eigenvalue weighted by atomic mass is 10.2. The third kappa shape index (κ3) is 4.24. The van der Waals surface area contributed by atoms with Gasteiger partial charge in [0, 0.05) is 38.9 Å². The zero-order chi connectivity index (χ0) is 16.9. The van der Waals surface area contributed by atoms with Crippen LogP contribution in [0.25, 0.3) is 0 Å². The van der Waals surface area contributed by atoms with Gasteiger partial charge in [0.15, 0.2) is 0 Å². The molecule has 2 aromatic heterocycles. The number of ether oxygens (including phenoxy) is 1. The SMILES string of the molecule is Cn1ncc(N2CCO[C@H](CCNc3ccc(Cl)cn3)C2)cc1=O. The molecule has 0 spiro atoms. The molecule has 24 heavy (non-hydrogen) atoms. The first-order valence-electron chi connectivity index (χ1n) is 7.87. The molecule has 0 bridgehead atoms. The average Bonchev–Trinajstić information content (AvgIpc) is 2.59. The van der Waals surface area contributed by atoms with Crippen molar-refractivity contribution in [2.45, 2.75) is 12.5 Å². The molecule has 1 aliphatic heterocycles. The van der Waals surface area contributed by atoms with E-state index in [4.69, 9.17) is 16.3 Å². The minimum atomic E-state index is -0.106. The van der Waals surface area contributed by atoms with E-state index in [1.807, 2.05) is 6.07 Å². The molecule has 1 fully saturated rings. The van der Waals surface area contributed by atoms with Crippen LogP contribution in [-0.4, -0.2) is 47.1 Å². The number of aryl methyl sites for hydroxylation is 1. The quantitative estimate of drug-likeness (QED) is 0.882. The number of pyridine rings is 1. The highest BCUT2D eigenvalue weighted by Gasteiger charge is 2.21. The van der Waals surface area contributed by atoms with Crippen molar-refractivity contribution in [3.05, 3.63) is 46.0 Å². The molecule has 1 atom stereocenters. The van der Waals surface area contributed by atoms with E-state index in [0.29, 0.717) is 11.6 Å². The van der Waals surface area contributed by atoms with Crippen LogP contribution in [-0.2, 0) is 11.8 Å². The van der Waals surface area contributed by atoms with E-state index in [1.165, 1.54) is 4.68 Å². The second-order valence-corrected chi connectivity index (χ2v) is 6.13. The second-order valence-electron chi connectivity index (χ2n) is 5.69. The summed E-state index contributed by atoms with van der Waals surface area (Å²) >= 11 is 5.82. The molecule has 3 heterocycles. The summed E-state index contributed by atoms with van der Waals surface area (Å²) in [5.74, 6) is 0.794. The van der Waals surface area contributed by atoms with Crippen LogP contribution in [0.1, 0.15) is 6.42 Å². The maximum Gasteiger partial charge on any atom is 0.268 e. The van der Waals surface area contributed by atoms with Crippen molar-refractivity contribution in [1.82, 2.24) is 14.8 Å². The van der Waals surface area contributed by atoms with Gasteiger partial charge in [0.05, 0.1) is 29.6 Å². The average molecular weight is 350 g/mol. The molecule has 0 aliphatic carbocycles. The van der Waals surface area contributed by atoms with E-state index < -0.39 is 0 Å². The minimum Gasteiger partial charge on any atom is -0.374 e. The van der Waals surface area contributed by atoms with Gasteiger partial charge in [0.1, 0.15) is 5.82 Å². The second kappa shape index (κ2) is 7.63. The third-order valence-corrected chi connectivity index (χ3v) is 4.18. The predicted octanol–water partition coefficient (Wildman–Crippen LogP) is 1.54. The lowest BCUT2D eigenvalue weighted by molar-refractivity contribution is 0.0374. The summed E-state index contributed by atoms with van der Waals surface area (Å²) in [5.41, 5.74) is 0.741. The van der Waals surface area contributed by atoms with Crippen molar-refractivity contribution in [3.8, 4) is 0 Å². The molecular weight excluding hydrogens is 330 g/mol. The van der Waals surface area contributed by atoms with Crippen LogP contribution in [0.3, 0.4) is 0 Å². The van der Waals surface area contributed by atoms with Gasteiger partial charge in [0.25, 0.3) is 5.56 Å². The fourth-order valence-electron chi connectivity index (χ4n) is 2.60. The molecule has 0 radical (unpaired) electrons. The highest BCUT2D eigenvalue weighted by Crippen LogP contribution is 2.16. The van der Waals surface area contributed by atoms with E-state index >= 15 is 0 Å². The van der Waals surface area contributed by atoms with Crippen molar-refractivity contribution < 1.29 is 4.74 Å². The zero-order valence-corrected chi connectivity index (χ0v) is 14.2. The molecule has 2 aromatic rings. The number of halogens is 1. The molecule has 8 heteroatoms. The van der Waals surface area contributed by atoms with Crippen LogP contribution in [0.5, 0.6) is 0 Å². The number of nitrogens with one attached hydrogen (secondary N) is 1. The van der Waals surface area contributed by atoms with E-state index in [2.05, 4.69) is 20.3 Å². The first-order valence-corrected chi connectivity index (χ1v) is 8.25. The summed E-state index contributed by atoms with van der Waals surface area (Å²) in [6, 6.07) is 5.27. The highest BCUT2D eigenvalue weighted by molar-refractivity contribution is 6.30. The molecule has 128 valence electrons. The lowest BCUT2D eigenvalue weighted by Crippen LogP contribution is -2.43. The molecule has 0 aromatic carbocycles. The van der Waals surface area contributed by atoms with Crippen LogP contribution < -0.4 is 15.8 Å². The Morgan fingerprint density at radius 1 is 1.42 bits per heavy atom. The van der Waals surface area contributed by atoms with Crippen molar-refractivity contribution in [3.63, 3.8) is 0 Å². The van der Waals surface area contributed by atoms with Crippen molar-refractivity contribution in [2.24, 2.45) is 7.05 Å². The maximum atomic E-state index is 11.7. The van der Waals surface area contributed by atoms with Gasteiger partial charge in [-0.1, -0.05) is 11.6 Å². The summed E-state index contributed by atoms with van der Waals surface area (Å²) in [6.45, 7) is 2.89. The highest BCUT2D eigenvalue weighted by atomic mass is 35.5. The number of hydrogen-bond acceptors (Lipinski definition) is 6. The van der Waals surface area contributed by atoms with Crippen LogP contribution >= 0.6 is 11.6 Å². The van der Waals surface area contributed by atoms with E-state index in [-0.39, 0.29) is 11.7 Å². The number of nitrogens with zero attached hydrogens (tertiary/aromatic N) is 4. The number of anilines is 2. The predicted molar refractivity (Wildman–Crippen MR) is 93.8 cm³/mol. The van der Waals surface area contributed by atoms with Crippen molar-refractivity contribution >= 4 is 23.1 Å². The number of rotatable bonds is 5. The molecule has 1 N–H and O–H groups in total. The summed E-state index contributed by atoms with van der Waals surface area (Å²) in [7, 11) is 1.64. The largest absolute Gasteiger partial charge is 0.374 e. The van der Waals surface area contributed by atoms with Gasteiger partial charge >= 0.3 is 0 Å². The Kier molecular flexibility index (Phi) is 5.32. The first-order chi connectivity index (χ1) is 11.6. The molecule has 3 rings (SSSR count). The van der Waals surface area contributed by atoms with Crippen LogP contribution in [0.15, 0.2) is 35.4 Å². The Morgan fingerprint density at radius 2 is 2.29 bits per heavy atom. The summed E-state index contributed by atoms with van der Waals surface area (Å²) in [4.78, 5) is 18.1. The van der Waals surface area contributed by atoms with Gasteiger partial charge < -0.3 is 15.0 Å². The van der Waals surface area contributed by atoms with Crippen molar-refractivity contribution in [2.75, 3.05) is 36.5 Å². The normalized spacial score (nSPS) is 17.8. The fourth-order valence-corrected chi connectivity index (χ4v) is 2.71. The van der Waals surface area contributed by atoms with Gasteiger partial charge in [-0.25, -0.2) is 9.67 Å². The number of aromatic nitrogens is 3. The minimum absolute atomic E-state index is 0.0996. The monoisotopic (exact) mass is 349 g/mol. The first kappa shape index (κ1) is 16.7. The Morgan fingerprint density at radius 3 is 3.04 bits per heavy atom. The van der Waals surface area contributed by atoms with Crippen LogP contribution in [0.4, 0.5) is 11.5 Å². The van der Waals surface area contributed by atoms with Gasteiger partial charge in [-0.3, -0.25) is 4.79 Å². The zero-order valence-electron chi connectivity index (χ0n) is 13.5. The molecular formula is C16H20ClN5O2. The maximum absolute atomic E-state index is 11.7. The van der Waals surface area contributed by atoms with Crippen LogP contribution in [0.2, 0.25) is 5.02 Å². The van der Waals surface area contributed by atoms with Gasteiger partial charge in [-0.05, 0) is 18.6 Å². The molecule has 0 unspecified atom stereocenters. The lowest BCUT2D eigenvalue weighted by Gasteiger charge is -2.34. The topological polar surface area (TPSA) is 72.3 Å². The molecule has 1 saturated heterocycles. The Balaban J connectivity index is 1.52. The molecule has 1 aliphatic rings. The van der Waals surface area contributed by atoms with E-state index in [9.17, 15) is 4.79 Å². The van der Waals surface area contributed by atoms with Crippen molar-refractivity contribution in [1.29, 1.82) is 0 Å². The summed E-state index contributed by atoms with van der Waals surface area (Å²) in [5, 5.41) is 7.95. The Hall–Kier alpha value is -2.12. The summed E-state index contributed by atoms with van der Waals surface area (Å²) in [6.07, 6.45) is 4.28. The Bertz CT molecular complexity index is 734. The number of hydrogen-bond donors (Lipinski definition) is 1. The van der Waals surface area contributed by atoms with Gasteiger partial charge in [-0.15, -0.1) is 0 Å². The van der Waals surface area contributed by atoms with E-state index in [1.54, 1.807) is 31.6 Å². The Labute approximate surface area is 145 Å². The van der Waals surface area contributed by atoms with Gasteiger partial charge in [0.2, 0.25) is 0 Å². The summed E-state index contributed by atoms with van der Waals surface area (Å²) < 4.78 is 7.14. The number of morpholine rings is 1. The van der Waals surface area contributed by atoms with Gasteiger partial charge in [-0.2, -0.15) is 5.10 Å². The standard InChI is InChI=1S/C16H20ClN5O2/c1-21-16(23)8-13(10-20-21)22-6-7-24-14(11-22)4-5-18-15-3-2-12(17)9-19-15/h2-3,8-10,14H,4-7,11H2,1H3,(H,18,19)/t14-/m1/s1. The molecule has 0 saturated carbocycles. The molecule has 0 amide bonds. The molecule has 7 nitrogen and oxygen atoms in total.